The number of nitro groups is 1. The summed E-state index contributed by atoms with van der Waals surface area (Å²) in [6.45, 7) is 1.85. The first-order valence-corrected chi connectivity index (χ1v) is 10.4. The van der Waals surface area contributed by atoms with Crippen molar-refractivity contribution in [3.63, 3.8) is 0 Å². The summed E-state index contributed by atoms with van der Waals surface area (Å²) in [6, 6.07) is 10.6. The molecule has 0 aliphatic rings. The van der Waals surface area contributed by atoms with Gasteiger partial charge in [-0.05, 0) is 34.9 Å². The molecule has 0 amide bonds. The number of nitrogens with zero attached hydrogens (tertiary/aromatic N) is 1. The number of esters is 2. The van der Waals surface area contributed by atoms with Crippen molar-refractivity contribution in [3.8, 4) is 5.75 Å². The van der Waals surface area contributed by atoms with Crippen molar-refractivity contribution in [2.24, 2.45) is 0 Å². The fourth-order valence-electron chi connectivity index (χ4n) is 2.98. The van der Waals surface area contributed by atoms with E-state index in [1.807, 2.05) is 19.1 Å². The number of carbonyl (C=O) groups is 3. The number of rotatable bonds is 13. The third-order valence-corrected chi connectivity index (χ3v) is 4.63. The lowest BCUT2D eigenvalue weighted by atomic mass is 10.0. The molecular formula is C23H27NO7. The predicted molar refractivity (Wildman–Crippen MR) is 114 cm³/mol. The molecule has 0 aliphatic carbocycles. The summed E-state index contributed by atoms with van der Waals surface area (Å²) in [5, 5.41) is 12.0. The third kappa shape index (κ3) is 8.94. The van der Waals surface area contributed by atoms with E-state index in [9.17, 15) is 24.5 Å². The maximum absolute atomic E-state index is 12.0. The van der Waals surface area contributed by atoms with Crippen molar-refractivity contribution in [1.29, 1.82) is 0 Å². The average Bonchev–Trinajstić information content (AvgIpc) is 2.72. The molecule has 0 aromatic heterocycles. The van der Waals surface area contributed by atoms with Gasteiger partial charge in [-0.15, -0.1) is 0 Å². The van der Waals surface area contributed by atoms with E-state index >= 15 is 0 Å². The van der Waals surface area contributed by atoms with Crippen molar-refractivity contribution in [1.82, 2.24) is 0 Å². The van der Waals surface area contributed by atoms with E-state index < -0.39 is 10.9 Å². The van der Waals surface area contributed by atoms with Crippen LogP contribution in [0.15, 0.2) is 36.4 Å². The zero-order chi connectivity index (χ0) is 22.6. The normalized spacial score (nSPS) is 10.6. The summed E-state index contributed by atoms with van der Waals surface area (Å²) < 4.78 is 10.4. The highest BCUT2D eigenvalue weighted by Crippen LogP contribution is 2.23. The van der Waals surface area contributed by atoms with Crippen LogP contribution in [-0.4, -0.2) is 35.8 Å². The zero-order valence-corrected chi connectivity index (χ0v) is 17.6. The smallest absolute Gasteiger partial charge is 0.311 e. The Morgan fingerprint density at radius 3 is 2.42 bits per heavy atom. The average molecular weight is 429 g/mol. The summed E-state index contributed by atoms with van der Waals surface area (Å²) in [5.74, 6) is -0.440. The van der Waals surface area contributed by atoms with Gasteiger partial charge in [-0.25, -0.2) is 0 Å². The molecule has 0 bridgehead atoms. The Labute approximate surface area is 180 Å². The summed E-state index contributed by atoms with van der Waals surface area (Å²) in [5.41, 5.74) is 0.777. The highest BCUT2D eigenvalue weighted by molar-refractivity contribution is 5.86. The molecule has 31 heavy (non-hydrogen) atoms. The van der Waals surface area contributed by atoms with Crippen LogP contribution in [0.2, 0.25) is 0 Å². The van der Waals surface area contributed by atoms with Crippen LogP contribution in [0.25, 0.3) is 10.8 Å². The van der Waals surface area contributed by atoms with E-state index in [2.05, 4.69) is 0 Å². The lowest BCUT2D eigenvalue weighted by Crippen LogP contribution is -2.12. The molecule has 0 N–H and O–H groups in total. The number of hydrogen-bond acceptors (Lipinski definition) is 7. The quantitative estimate of drug-likeness (QED) is 0.204. The number of hydrogen-bond donors (Lipinski definition) is 0. The molecule has 0 heterocycles. The molecule has 0 atom stereocenters. The topological polar surface area (TPSA) is 113 Å². The highest BCUT2D eigenvalue weighted by atomic mass is 16.6. The Bertz CT molecular complexity index is 939. The molecule has 2 aromatic rings. The molecule has 0 fully saturated rings. The maximum atomic E-state index is 12.0. The van der Waals surface area contributed by atoms with Gasteiger partial charge in [0.1, 0.15) is 11.5 Å². The first-order chi connectivity index (χ1) is 14.9. The molecule has 8 heteroatoms. The van der Waals surface area contributed by atoms with Gasteiger partial charge >= 0.3 is 11.9 Å². The number of benzene rings is 2. The van der Waals surface area contributed by atoms with Gasteiger partial charge in [0.05, 0.1) is 19.4 Å². The van der Waals surface area contributed by atoms with Crippen LogP contribution in [0.4, 0.5) is 0 Å². The number of unbranched alkanes of at least 4 members (excludes halogenated alkanes) is 1. The number of ether oxygens (including phenoxy) is 2. The summed E-state index contributed by atoms with van der Waals surface area (Å²) in [7, 11) is 0. The minimum absolute atomic E-state index is 0.0235. The van der Waals surface area contributed by atoms with Crippen LogP contribution in [-0.2, 0) is 25.5 Å². The number of ketones is 1. The molecule has 0 saturated carbocycles. The minimum atomic E-state index is -0.520. The van der Waals surface area contributed by atoms with Crippen molar-refractivity contribution < 1.29 is 28.8 Å². The molecule has 2 rings (SSSR count). The fourth-order valence-corrected chi connectivity index (χ4v) is 2.98. The van der Waals surface area contributed by atoms with Crippen LogP contribution in [0.1, 0.15) is 51.0 Å². The second kappa shape index (κ2) is 12.4. The van der Waals surface area contributed by atoms with Crippen LogP contribution >= 0.6 is 0 Å². The third-order valence-electron chi connectivity index (χ3n) is 4.63. The van der Waals surface area contributed by atoms with Crippen LogP contribution in [0.3, 0.4) is 0 Å². The summed E-state index contributed by atoms with van der Waals surface area (Å²) in [4.78, 5) is 45.2. The van der Waals surface area contributed by atoms with Gasteiger partial charge in [-0.3, -0.25) is 24.5 Å². The Balaban J connectivity index is 1.85. The first-order valence-electron chi connectivity index (χ1n) is 10.4. The second-order valence-corrected chi connectivity index (χ2v) is 7.27. The molecule has 0 radical (unpaired) electrons. The Kier molecular flexibility index (Phi) is 9.61. The van der Waals surface area contributed by atoms with Crippen LogP contribution in [0, 0.1) is 10.1 Å². The van der Waals surface area contributed by atoms with E-state index in [0.717, 1.165) is 29.2 Å². The van der Waals surface area contributed by atoms with Crippen LogP contribution in [0.5, 0.6) is 5.75 Å². The lowest BCUT2D eigenvalue weighted by molar-refractivity contribution is -0.480. The highest BCUT2D eigenvalue weighted by Gasteiger charge is 2.10. The van der Waals surface area contributed by atoms with Gasteiger partial charge in [0, 0.05) is 24.2 Å². The van der Waals surface area contributed by atoms with E-state index in [-0.39, 0.29) is 50.6 Å². The van der Waals surface area contributed by atoms with E-state index in [4.69, 9.17) is 9.47 Å². The molecule has 0 aliphatic heterocycles. The van der Waals surface area contributed by atoms with Crippen molar-refractivity contribution in [2.45, 2.75) is 51.9 Å². The number of fused-ring (bicyclic) bond motifs is 1. The number of Topliss-reactive ketones (excluding diaryl/α,β-unsaturated/α-hetero) is 1. The van der Waals surface area contributed by atoms with Crippen molar-refractivity contribution in [3.05, 3.63) is 52.1 Å². The van der Waals surface area contributed by atoms with Gasteiger partial charge < -0.3 is 9.47 Å². The van der Waals surface area contributed by atoms with Gasteiger partial charge in [0.15, 0.2) is 0 Å². The molecule has 0 saturated heterocycles. The zero-order valence-electron chi connectivity index (χ0n) is 17.6. The SMILES string of the molecule is CCCCC(=O)CCOC(=O)Cc1ccc2cc(OC(=O)CCC[N+](=O)[O-])ccc2c1. The molecule has 2 aromatic carbocycles. The second-order valence-electron chi connectivity index (χ2n) is 7.27. The van der Waals surface area contributed by atoms with E-state index in [1.165, 1.54) is 0 Å². The maximum Gasteiger partial charge on any atom is 0.311 e. The van der Waals surface area contributed by atoms with Crippen molar-refractivity contribution in [2.75, 3.05) is 13.2 Å². The predicted octanol–water partition coefficient (Wildman–Crippen LogP) is 4.04. The fraction of sp³-hybridized carbons (Fsp3) is 0.435. The molecule has 0 unspecified atom stereocenters. The van der Waals surface area contributed by atoms with E-state index in [0.29, 0.717) is 12.2 Å². The van der Waals surface area contributed by atoms with Gasteiger partial charge in [0.2, 0.25) is 6.54 Å². The van der Waals surface area contributed by atoms with Crippen molar-refractivity contribution >= 4 is 28.5 Å². The van der Waals surface area contributed by atoms with Gasteiger partial charge in [-0.1, -0.05) is 37.6 Å². The number of carbonyl (C=O) groups excluding carboxylic acids is 3. The lowest BCUT2D eigenvalue weighted by Gasteiger charge is -2.08. The monoisotopic (exact) mass is 429 g/mol. The largest absolute Gasteiger partial charge is 0.465 e. The molecule has 8 nitrogen and oxygen atoms in total. The standard InChI is InChI=1S/C23H27NO7/c1-2-3-5-20(25)11-13-30-23(27)15-17-7-8-19-16-21(10-9-18(19)14-17)31-22(26)6-4-12-24(28)29/h7-10,14,16H,2-6,11-13,15H2,1H3. The van der Waals surface area contributed by atoms with E-state index in [1.54, 1.807) is 24.3 Å². The van der Waals surface area contributed by atoms with Gasteiger partial charge in [0.25, 0.3) is 0 Å². The molecular weight excluding hydrogens is 402 g/mol. The molecule has 166 valence electrons. The van der Waals surface area contributed by atoms with Gasteiger partial charge in [-0.2, -0.15) is 0 Å². The Morgan fingerprint density at radius 1 is 0.935 bits per heavy atom. The Morgan fingerprint density at radius 2 is 1.68 bits per heavy atom. The minimum Gasteiger partial charge on any atom is -0.465 e. The van der Waals surface area contributed by atoms with Crippen LogP contribution < -0.4 is 4.74 Å². The summed E-state index contributed by atoms with van der Waals surface area (Å²) in [6.07, 6.45) is 2.79. The first kappa shape index (κ1) is 24.0. The summed E-state index contributed by atoms with van der Waals surface area (Å²) >= 11 is 0. The Hall–Kier alpha value is -3.29. The molecule has 0 spiro atoms.